The molecule has 2 rings (SSSR count). The third kappa shape index (κ3) is 5.16. The molecule has 1 aromatic heterocycles. The molecule has 1 aromatic carbocycles. The van der Waals surface area contributed by atoms with Crippen molar-refractivity contribution >= 4 is 23.4 Å². The number of thioether (sulfide) groups is 1. The maximum absolute atomic E-state index is 12.5. The van der Waals surface area contributed by atoms with Crippen molar-refractivity contribution in [2.75, 3.05) is 17.7 Å². The number of amides is 1. The third-order valence-corrected chi connectivity index (χ3v) is 3.82. The average Bonchev–Trinajstić information content (AvgIpc) is 2.55. The monoisotopic (exact) mass is 356 g/mol. The summed E-state index contributed by atoms with van der Waals surface area (Å²) in [6, 6.07) is 9.20. The Bertz CT molecular complexity index is 690. The van der Waals surface area contributed by atoms with E-state index in [2.05, 4.69) is 10.3 Å². The summed E-state index contributed by atoms with van der Waals surface area (Å²) in [5, 5.41) is 3.05. The van der Waals surface area contributed by atoms with Gasteiger partial charge in [0.25, 0.3) is 0 Å². The van der Waals surface area contributed by atoms with E-state index in [0.29, 0.717) is 23.1 Å². The van der Waals surface area contributed by atoms with Crippen molar-refractivity contribution in [3.05, 3.63) is 48.2 Å². The summed E-state index contributed by atoms with van der Waals surface area (Å²) in [7, 11) is 0. The first-order valence-corrected chi connectivity index (χ1v) is 8.06. The molecule has 2 aromatic rings. The number of carbonyl (C=O) groups is 1. The predicted octanol–water partition coefficient (Wildman–Crippen LogP) is 4.23. The van der Waals surface area contributed by atoms with E-state index in [0.717, 1.165) is 24.0 Å². The smallest absolute Gasteiger partial charge is 0.417 e. The molecule has 0 aliphatic carbocycles. The predicted molar refractivity (Wildman–Crippen MR) is 86.2 cm³/mol. The van der Waals surface area contributed by atoms with Crippen molar-refractivity contribution in [2.45, 2.75) is 18.1 Å². The molecule has 0 aliphatic heterocycles. The van der Waals surface area contributed by atoms with Crippen LogP contribution in [-0.4, -0.2) is 23.3 Å². The lowest BCUT2D eigenvalue weighted by Crippen LogP contribution is -2.15. The van der Waals surface area contributed by atoms with Crippen molar-refractivity contribution in [3.63, 3.8) is 0 Å². The van der Waals surface area contributed by atoms with Crippen LogP contribution >= 0.6 is 11.8 Å². The molecule has 1 heterocycles. The zero-order valence-corrected chi connectivity index (χ0v) is 13.6. The van der Waals surface area contributed by atoms with E-state index in [1.807, 2.05) is 6.92 Å². The van der Waals surface area contributed by atoms with E-state index >= 15 is 0 Å². The number of para-hydroxylation sites is 2. The summed E-state index contributed by atoms with van der Waals surface area (Å²) in [6.45, 7) is 2.31. The fourth-order valence-corrected chi connectivity index (χ4v) is 2.45. The SMILES string of the molecule is CCOc1ccccc1NC(=O)CSc1ccc(C(F)(F)F)cn1. The molecule has 0 bridgehead atoms. The van der Waals surface area contributed by atoms with Crippen molar-refractivity contribution < 1.29 is 22.7 Å². The van der Waals surface area contributed by atoms with Crippen LogP contribution in [0.2, 0.25) is 0 Å². The maximum Gasteiger partial charge on any atom is 0.417 e. The second kappa shape index (κ2) is 8.05. The molecule has 4 nitrogen and oxygen atoms in total. The fraction of sp³-hybridized carbons (Fsp3) is 0.250. The summed E-state index contributed by atoms with van der Waals surface area (Å²) in [6.07, 6.45) is -3.67. The molecular formula is C16H15F3N2O2S. The molecule has 1 N–H and O–H groups in total. The van der Waals surface area contributed by atoms with Crippen molar-refractivity contribution in [1.29, 1.82) is 0 Å². The number of nitrogens with one attached hydrogen (secondary N) is 1. The normalized spacial score (nSPS) is 11.2. The molecule has 24 heavy (non-hydrogen) atoms. The van der Waals surface area contributed by atoms with E-state index in [9.17, 15) is 18.0 Å². The number of aromatic nitrogens is 1. The van der Waals surface area contributed by atoms with E-state index in [4.69, 9.17) is 4.74 Å². The molecule has 0 saturated heterocycles. The van der Waals surface area contributed by atoms with Gasteiger partial charge in [0.2, 0.25) is 5.91 Å². The highest BCUT2D eigenvalue weighted by atomic mass is 32.2. The standard InChI is InChI=1S/C16H15F3N2O2S/c1-2-23-13-6-4-3-5-12(13)21-14(22)10-24-15-8-7-11(9-20-15)16(17,18)19/h3-9H,2,10H2,1H3,(H,21,22). The van der Waals surface area contributed by atoms with E-state index in [1.165, 1.54) is 6.07 Å². The van der Waals surface area contributed by atoms with Gasteiger partial charge in [-0.3, -0.25) is 4.79 Å². The molecule has 0 saturated carbocycles. The number of carbonyl (C=O) groups excluding carboxylic acids is 1. The number of anilines is 1. The number of hydrogen-bond donors (Lipinski definition) is 1. The Morgan fingerprint density at radius 1 is 1.25 bits per heavy atom. The van der Waals surface area contributed by atoms with Crippen LogP contribution in [0.4, 0.5) is 18.9 Å². The number of halogens is 3. The van der Waals surface area contributed by atoms with Gasteiger partial charge in [-0.25, -0.2) is 4.98 Å². The minimum Gasteiger partial charge on any atom is -0.492 e. The highest BCUT2D eigenvalue weighted by Gasteiger charge is 2.30. The van der Waals surface area contributed by atoms with Gasteiger partial charge in [-0.05, 0) is 31.2 Å². The number of nitrogens with zero attached hydrogens (tertiary/aromatic N) is 1. The summed E-state index contributed by atoms with van der Waals surface area (Å²) in [4.78, 5) is 15.7. The molecular weight excluding hydrogens is 341 g/mol. The second-order valence-corrected chi connectivity index (χ2v) is 5.64. The number of rotatable bonds is 6. The lowest BCUT2D eigenvalue weighted by atomic mass is 10.3. The molecule has 8 heteroatoms. The van der Waals surface area contributed by atoms with Gasteiger partial charge >= 0.3 is 6.18 Å². The van der Waals surface area contributed by atoms with Crippen LogP contribution in [0.3, 0.4) is 0 Å². The largest absolute Gasteiger partial charge is 0.492 e. The van der Waals surface area contributed by atoms with Crippen molar-refractivity contribution in [2.24, 2.45) is 0 Å². The topological polar surface area (TPSA) is 51.2 Å². The summed E-state index contributed by atoms with van der Waals surface area (Å²) in [5.74, 6) is 0.290. The van der Waals surface area contributed by atoms with Crippen LogP contribution in [0.5, 0.6) is 5.75 Å². The van der Waals surface area contributed by atoms with Crippen LogP contribution in [0, 0.1) is 0 Å². The number of ether oxygens (including phenoxy) is 1. The Labute approximate surface area is 141 Å². The first-order valence-electron chi connectivity index (χ1n) is 7.08. The molecule has 0 fully saturated rings. The Morgan fingerprint density at radius 3 is 2.62 bits per heavy atom. The average molecular weight is 356 g/mol. The summed E-state index contributed by atoms with van der Waals surface area (Å²) >= 11 is 1.06. The van der Waals surface area contributed by atoms with Gasteiger partial charge in [0.1, 0.15) is 5.75 Å². The molecule has 0 radical (unpaired) electrons. The molecule has 1 amide bonds. The van der Waals surface area contributed by atoms with E-state index < -0.39 is 11.7 Å². The minimum absolute atomic E-state index is 0.0266. The Balaban J connectivity index is 1.92. The number of hydrogen-bond acceptors (Lipinski definition) is 4. The van der Waals surface area contributed by atoms with Gasteiger partial charge in [-0.2, -0.15) is 13.2 Å². The lowest BCUT2D eigenvalue weighted by Gasteiger charge is -2.11. The Kier molecular flexibility index (Phi) is 6.08. The third-order valence-electron chi connectivity index (χ3n) is 2.88. The zero-order valence-electron chi connectivity index (χ0n) is 12.8. The number of pyridine rings is 1. The number of alkyl halides is 3. The van der Waals surface area contributed by atoms with Crippen molar-refractivity contribution in [1.82, 2.24) is 4.98 Å². The van der Waals surface area contributed by atoms with E-state index in [1.54, 1.807) is 24.3 Å². The minimum atomic E-state index is -4.42. The number of benzene rings is 1. The summed E-state index contributed by atoms with van der Waals surface area (Å²) in [5.41, 5.74) is -0.271. The van der Waals surface area contributed by atoms with Gasteiger partial charge < -0.3 is 10.1 Å². The molecule has 128 valence electrons. The summed E-state index contributed by atoms with van der Waals surface area (Å²) < 4.78 is 42.8. The van der Waals surface area contributed by atoms with Crippen LogP contribution in [0.15, 0.2) is 47.6 Å². The molecule has 0 spiro atoms. The van der Waals surface area contributed by atoms with Gasteiger partial charge in [0.05, 0.1) is 28.6 Å². The highest BCUT2D eigenvalue weighted by molar-refractivity contribution is 7.99. The van der Waals surface area contributed by atoms with Gasteiger partial charge in [0.15, 0.2) is 0 Å². The fourth-order valence-electron chi connectivity index (χ4n) is 1.81. The molecule has 0 aliphatic rings. The second-order valence-electron chi connectivity index (χ2n) is 4.65. The maximum atomic E-state index is 12.5. The molecule has 0 atom stereocenters. The van der Waals surface area contributed by atoms with Gasteiger partial charge in [0, 0.05) is 6.20 Å². The van der Waals surface area contributed by atoms with Crippen molar-refractivity contribution in [3.8, 4) is 5.75 Å². The van der Waals surface area contributed by atoms with E-state index in [-0.39, 0.29) is 11.7 Å². The van der Waals surface area contributed by atoms with Crippen LogP contribution in [0.1, 0.15) is 12.5 Å². The molecule has 0 unspecified atom stereocenters. The quantitative estimate of drug-likeness (QED) is 0.787. The highest BCUT2D eigenvalue weighted by Crippen LogP contribution is 2.29. The van der Waals surface area contributed by atoms with Gasteiger partial charge in [-0.1, -0.05) is 23.9 Å². The van der Waals surface area contributed by atoms with Crippen LogP contribution in [-0.2, 0) is 11.0 Å². The lowest BCUT2D eigenvalue weighted by molar-refractivity contribution is -0.137. The van der Waals surface area contributed by atoms with Crippen LogP contribution in [0.25, 0.3) is 0 Å². The Hall–Kier alpha value is -2.22. The first-order chi connectivity index (χ1) is 11.4. The Morgan fingerprint density at radius 2 is 2.00 bits per heavy atom. The zero-order chi connectivity index (χ0) is 17.6. The first kappa shape index (κ1) is 18.1. The van der Waals surface area contributed by atoms with Gasteiger partial charge in [-0.15, -0.1) is 0 Å². The van der Waals surface area contributed by atoms with Crippen LogP contribution < -0.4 is 10.1 Å².